The lowest BCUT2D eigenvalue weighted by atomic mass is 9.86. The molecule has 2 saturated carbocycles. The van der Waals surface area contributed by atoms with Crippen molar-refractivity contribution in [3.05, 3.63) is 34.7 Å². The van der Waals surface area contributed by atoms with Crippen LogP contribution in [0.4, 0.5) is 4.79 Å². The summed E-state index contributed by atoms with van der Waals surface area (Å²) in [5.41, 5.74) is 0.769. The third-order valence-electron chi connectivity index (χ3n) is 4.93. The lowest BCUT2D eigenvalue weighted by Crippen LogP contribution is -2.26. The third kappa shape index (κ3) is 5.22. The van der Waals surface area contributed by atoms with E-state index in [1.807, 2.05) is 0 Å². The van der Waals surface area contributed by atoms with Gasteiger partial charge in [0.1, 0.15) is 5.75 Å². The lowest BCUT2D eigenvalue weighted by molar-refractivity contribution is -0.144. The van der Waals surface area contributed by atoms with Crippen molar-refractivity contribution < 1.29 is 29.0 Å². The highest BCUT2D eigenvalue weighted by molar-refractivity contribution is 8.18. The van der Waals surface area contributed by atoms with Crippen LogP contribution in [-0.2, 0) is 14.4 Å². The van der Waals surface area contributed by atoms with Crippen LogP contribution in [0.1, 0.15) is 44.1 Å². The first-order valence-corrected chi connectivity index (χ1v) is 10.0. The zero-order chi connectivity index (χ0) is 20.1. The maximum atomic E-state index is 11.7. The number of esters is 1. The number of amides is 2. The minimum atomic E-state index is -0.619. The fourth-order valence-corrected chi connectivity index (χ4v) is 3.39. The van der Waals surface area contributed by atoms with Crippen LogP contribution in [0.3, 0.4) is 0 Å². The number of carbonyl (C=O) groups excluding carboxylic acids is 3. The predicted octanol–water partition coefficient (Wildman–Crippen LogP) is 3.59. The maximum absolute atomic E-state index is 11.7. The van der Waals surface area contributed by atoms with Crippen molar-refractivity contribution in [2.75, 3.05) is 0 Å². The molecule has 0 unspecified atom stereocenters. The van der Waals surface area contributed by atoms with Crippen LogP contribution in [0.15, 0.2) is 29.2 Å². The minimum absolute atomic E-state index is 0.000000000000000444. The second kappa shape index (κ2) is 9.05. The quantitative estimate of drug-likeness (QED) is 0.449. The van der Waals surface area contributed by atoms with Gasteiger partial charge in [-0.25, -0.2) is 0 Å². The summed E-state index contributed by atoms with van der Waals surface area (Å²) >= 11 is 0.874. The summed E-state index contributed by atoms with van der Waals surface area (Å²) < 4.78 is 5.28. The van der Waals surface area contributed by atoms with Gasteiger partial charge in [-0.05, 0) is 61.2 Å². The summed E-state index contributed by atoms with van der Waals surface area (Å²) in [5.74, 6) is -0.648. The average molecular weight is 403 g/mol. The first kappa shape index (κ1) is 20.1. The first-order valence-electron chi connectivity index (χ1n) is 9.22. The summed E-state index contributed by atoms with van der Waals surface area (Å²) in [4.78, 5) is 44.5. The molecule has 2 N–H and O–H groups in total. The fourth-order valence-electron chi connectivity index (χ4n) is 2.70. The fraction of sp³-hybridized carbons (Fsp3) is 0.400. The second-order valence-electron chi connectivity index (χ2n) is 6.94. The molecule has 0 radical (unpaired) electrons. The highest BCUT2D eigenvalue weighted by Crippen LogP contribution is 2.29. The topological polar surface area (TPSA) is 110 Å². The number of thioether (sulfide) groups is 1. The molecule has 1 saturated heterocycles. The number of carboxylic acid groups (broad SMARTS) is 1. The maximum Gasteiger partial charge on any atom is 0.314 e. The molecule has 2 amide bonds. The van der Waals surface area contributed by atoms with E-state index in [4.69, 9.17) is 9.84 Å². The molecule has 3 fully saturated rings. The number of aliphatic carboxylic acids is 1. The van der Waals surface area contributed by atoms with Crippen molar-refractivity contribution in [1.82, 2.24) is 5.32 Å². The molecule has 0 spiro atoms. The number of carbonyl (C=O) groups is 4. The van der Waals surface area contributed by atoms with Gasteiger partial charge in [0, 0.05) is 0 Å². The number of benzene rings is 1. The van der Waals surface area contributed by atoms with E-state index in [2.05, 4.69) is 5.32 Å². The van der Waals surface area contributed by atoms with Crippen molar-refractivity contribution in [3.63, 3.8) is 0 Å². The Morgan fingerprint density at radius 3 is 2.04 bits per heavy atom. The zero-order valence-electron chi connectivity index (χ0n) is 15.2. The van der Waals surface area contributed by atoms with E-state index >= 15 is 0 Å². The van der Waals surface area contributed by atoms with E-state index in [1.54, 1.807) is 30.3 Å². The summed E-state index contributed by atoms with van der Waals surface area (Å²) in [5, 5.41) is 10.1. The Balaban J connectivity index is 0.000000271. The minimum Gasteiger partial charge on any atom is -0.481 e. The van der Waals surface area contributed by atoms with E-state index in [0.29, 0.717) is 10.7 Å². The number of imide groups is 1. The molecule has 8 heteroatoms. The van der Waals surface area contributed by atoms with Crippen LogP contribution in [0.25, 0.3) is 6.08 Å². The Morgan fingerprint density at radius 1 is 1.04 bits per heavy atom. The molecule has 0 aromatic heterocycles. The molecule has 148 valence electrons. The monoisotopic (exact) mass is 403 g/mol. The molecular weight excluding hydrogens is 382 g/mol. The van der Waals surface area contributed by atoms with Crippen molar-refractivity contribution in [3.8, 4) is 5.75 Å². The Bertz CT molecular complexity index is 808. The van der Waals surface area contributed by atoms with Crippen LogP contribution in [0, 0.1) is 11.8 Å². The molecule has 4 rings (SSSR count). The van der Waals surface area contributed by atoms with Gasteiger partial charge in [-0.2, -0.15) is 0 Å². The standard InChI is InChI=1S/C15H13NO4S.C5H8O2/c17-13-12(21-15(19)16-13)8-9-4-6-11(7-5-9)20-14(18)10-2-1-3-10;6-5(7)4-2-1-3-4/h4-8,10H,1-3H2,(H,16,17,19);4H,1-3H2,(H,6,7)/b12-8-;. The van der Waals surface area contributed by atoms with Gasteiger partial charge in [-0.1, -0.05) is 25.0 Å². The number of nitrogens with one attached hydrogen (secondary N) is 1. The summed E-state index contributed by atoms with van der Waals surface area (Å²) in [6, 6.07) is 6.85. The summed E-state index contributed by atoms with van der Waals surface area (Å²) in [6.45, 7) is 0. The number of carboxylic acids is 1. The van der Waals surface area contributed by atoms with E-state index in [1.165, 1.54) is 0 Å². The van der Waals surface area contributed by atoms with Gasteiger partial charge in [-0.3, -0.25) is 24.5 Å². The van der Waals surface area contributed by atoms with E-state index in [0.717, 1.165) is 55.9 Å². The molecular formula is C20H21NO6S. The van der Waals surface area contributed by atoms with Gasteiger partial charge in [0.15, 0.2) is 0 Å². The highest BCUT2D eigenvalue weighted by atomic mass is 32.2. The predicted molar refractivity (Wildman–Crippen MR) is 104 cm³/mol. The Morgan fingerprint density at radius 2 is 1.64 bits per heavy atom. The van der Waals surface area contributed by atoms with Crippen LogP contribution < -0.4 is 10.1 Å². The molecule has 1 aromatic carbocycles. The van der Waals surface area contributed by atoms with Gasteiger partial charge in [0.2, 0.25) is 0 Å². The summed E-state index contributed by atoms with van der Waals surface area (Å²) in [7, 11) is 0. The Kier molecular flexibility index (Phi) is 6.51. The smallest absolute Gasteiger partial charge is 0.314 e. The largest absolute Gasteiger partial charge is 0.481 e. The van der Waals surface area contributed by atoms with Gasteiger partial charge >= 0.3 is 11.9 Å². The van der Waals surface area contributed by atoms with E-state index < -0.39 is 5.97 Å². The van der Waals surface area contributed by atoms with Crippen LogP contribution in [0.5, 0.6) is 5.75 Å². The number of hydrogen-bond donors (Lipinski definition) is 2. The molecule has 1 aromatic rings. The third-order valence-corrected chi connectivity index (χ3v) is 5.74. The van der Waals surface area contributed by atoms with Crippen molar-refractivity contribution in [2.45, 2.75) is 38.5 Å². The highest BCUT2D eigenvalue weighted by Gasteiger charge is 2.27. The van der Waals surface area contributed by atoms with Crippen LogP contribution in [-0.4, -0.2) is 28.2 Å². The lowest BCUT2D eigenvalue weighted by Gasteiger charge is -2.22. The van der Waals surface area contributed by atoms with Crippen molar-refractivity contribution in [2.24, 2.45) is 11.8 Å². The molecule has 7 nitrogen and oxygen atoms in total. The SMILES string of the molecule is O=C(O)C1CCC1.O=C1NC(=O)/C(=C/c2ccc(OC(=O)C3CCC3)cc2)S1. The van der Waals surface area contributed by atoms with Crippen molar-refractivity contribution in [1.29, 1.82) is 0 Å². The second-order valence-corrected chi connectivity index (χ2v) is 7.95. The van der Waals surface area contributed by atoms with E-state index in [-0.39, 0.29) is 29.0 Å². The normalized spacial score (nSPS) is 20.5. The number of hydrogen-bond acceptors (Lipinski definition) is 6. The molecule has 0 bridgehead atoms. The molecule has 28 heavy (non-hydrogen) atoms. The number of ether oxygens (including phenoxy) is 1. The molecule has 0 atom stereocenters. The zero-order valence-corrected chi connectivity index (χ0v) is 16.0. The molecule has 1 aliphatic heterocycles. The van der Waals surface area contributed by atoms with Gasteiger partial charge < -0.3 is 9.84 Å². The van der Waals surface area contributed by atoms with Gasteiger partial charge in [0.25, 0.3) is 11.1 Å². The summed E-state index contributed by atoms with van der Waals surface area (Å²) in [6.07, 6.45) is 7.43. The molecule has 3 aliphatic rings. The number of rotatable bonds is 4. The van der Waals surface area contributed by atoms with Gasteiger partial charge in [0.05, 0.1) is 16.7 Å². The van der Waals surface area contributed by atoms with Crippen molar-refractivity contribution >= 4 is 40.9 Å². The average Bonchev–Trinajstić information content (AvgIpc) is 2.83. The Labute approximate surface area is 166 Å². The molecule has 2 aliphatic carbocycles. The molecule has 1 heterocycles. The van der Waals surface area contributed by atoms with Crippen LogP contribution in [0.2, 0.25) is 0 Å². The first-order chi connectivity index (χ1) is 13.4. The van der Waals surface area contributed by atoms with Gasteiger partial charge in [-0.15, -0.1) is 0 Å². The Hall–Kier alpha value is -2.61. The van der Waals surface area contributed by atoms with Crippen LogP contribution >= 0.6 is 11.8 Å². The van der Waals surface area contributed by atoms with E-state index in [9.17, 15) is 19.2 Å².